The number of methoxy groups -OCH3 is 1. The van der Waals surface area contributed by atoms with E-state index in [0.29, 0.717) is 36.9 Å². The molecular formula is C18H24N2O3. The number of amides is 1. The zero-order valence-electron chi connectivity index (χ0n) is 13.8. The fraction of sp³-hybridized carbons (Fsp3) is 0.556. The van der Waals surface area contributed by atoms with Crippen LogP contribution >= 0.6 is 0 Å². The Balaban J connectivity index is 1.98. The number of nitrogens with one attached hydrogen (secondary N) is 1. The summed E-state index contributed by atoms with van der Waals surface area (Å²) in [4.78, 5) is 12.4. The van der Waals surface area contributed by atoms with Gasteiger partial charge in [-0.1, -0.05) is 13.3 Å². The highest BCUT2D eigenvalue weighted by atomic mass is 16.5. The van der Waals surface area contributed by atoms with Crippen LogP contribution in [0.1, 0.15) is 43.0 Å². The van der Waals surface area contributed by atoms with Gasteiger partial charge in [-0.2, -0.15) is 5.26 Å². The maximum Gasteiger partial charge on any atom is 0.252 e. The van der Waals surface area contributed by atoms with Crippen LogP contribution in [0.3, 0.4) is 0 Å². The van der Waals surface area contributed by atoms with Gasteiger partial charge >= 0.3 is 0 Å². The number of nitriles is 1. The monoisotopic (exact) mass is 316 g/mol. The molecule has 1 aliphatic rings. The Morgan fingerprint density at radius 3 is 2.74 bits per heavy atom. The van der Waals surface area contributed by atoms with Gasteiger partial charge < -0.3 is 14.8 Å². The molecule has 0 aliphatic heterocycles. The lowest BCUT2D eigenvalue weighted by Gasteiger charge is -2.35. The summed E-state index contributed by atoms with van der Waals surface area (Å²) < 4.78 is 10.4. The lowest BCUT2D eigenvalue weighted by atomic mass is 9.77. The Bertz CT molecular complexity index is 565. The van der Waals surface area contributed by atoms with Crippen LogP contribution < -0.4 is 10.1 Å². The SMILES string of the molecule is COCCOc1ccc(C(=O)N[C@@]2(C#N)CCC[C@@H](C)C2)cc1. The van der Waals surface area contributed by atoms with E-state index < -0.39 is 5.54 Å². The number of hydrogen-bond donors (Lipinski definition) is 1. The van der Waals surface area contributed by atoms with Crippen LogP contribution in [0.4, 0.5) is 0 Å². The van der Waals surface area contributed by atoms with Crippen LogP contribution in [0.2, 0.25) is 0 Å². The molecule has 1 aromatic rings. The number of benzene rings is 1. The zero-order valence-corrected chi connectivity index (χ0v) is 13.8. The highest BCUT2D eigenvalue weighted by molar-refractivity contribution is 5.95. The van der Waals surface area contributed by atoms with Crippen molar-refractivity contribution in [2.75, 3.05) is 20.3 Å². The minimum atomic E-state index is -0.734. The normalized spacial score (nSPS) is 23.8. The molecule has 5 nitrogen and oxygen atoms in total. The van der Waals surface area contributed by atoms with Crippen molar-refractivity contribution in [1.29, 1.82) is 5.26 Å². The Kier molecular flexibility index (Phi) is 6.00. The van der Waals surface area contributed by atoms with Crippen molar-refractivity contribution < 1.29 is 14.3 Å². The second kappa shape index (κ2) is 7.98. The maximum atomic E-state index is 12.4. The van der Waals surface area contributed by atoms with E-state index in [0.717, 1.165) is 19.3 Å². The van der Waals surface area contributed by atoms with Crippen molar-refractivity contribution in [3.8, 4) is 11.8 Å². The summed E-state index contributed by atoms with van der Waals surface area (Å²) in [6, 6.07) is 9.27. The summed E-state index contributed by atoms with van der Waals surface area (Å²) in [7, 11) is 1.62. The quantitative estimate of drug-likeness (QED) is 0.819. The Labute approximate surface area is 137 Å². The van der Waals surface area contributed by atoms with Gasteiger partial charge in [0.05, 0.1) is 12.7 Å². The van der Waals surface area contributed by atoms with Crippen LogP contribution in [0.5, 0.6) is 5.75 Å². The van der Waals surface area contributed by atoms with Crippen molar-refractivity contribution in [3.05, 3.63) is 29.8 Å². The Morgan fingerprint density at radius 2 is 2.13 bits per heavy atom. The van der Waals surface area contributed by atoms with Gasteiger partial charge in [0.25, 0.3) is 5.91 Å². The molecule has 1 saturated carbocycles. The van der Waals surface area contributed by atoms with Gasteiger partial charge in [0.1, 0.15) is 17.9 Å². The van der Waals surface area contributed by atoms with Crippen molar-refractivity contribution >= 4 is 5.91 Å². The van der Waals surface area contributed by atoms with Gasteiger partial charge in [0, 0.05) is 12.7 Å². The number of carbonyl (C=O) groups excluding carboxylic acids is 1. The van der Waals surface area contributed by atoms with E-state index in [1.807, 2.05) is 0 Å². The minimum absolute atomic E-state index is 0.205. The fourth-order valence-corrected chi connectivity index (χ4v) is 3.03. The predicted octanol–water partition coefficient (Wildman–Crippen LogP) is 2.91. The smallest absolute Gasteiger partial charge is 0.252 e. The highest BCUT2D eigenvalue weighted by Gasteiger charge is 2.36. The van der Waals surface area contributed by atoms with Gasteiger partial charge in [-0.05, 0) is 49.4 Å². The molecule has 23 heavy (non-hydrogen) atoms. The van der Waals surface area contributed by atoms with Gasteiger partial charge in [0.15, 0.2) is 0 Å². The molecule has 2 rings (SSSR count). The average molecular weight is 316 g/mol. The van der Waals surface area contributed by atoms with Crippen LogP contribution in [0.25, 0.3) is 0 Å². The summed E-state index contributed by atoms with van der Waals surface area (Å²) in [6.45, 7) is 3.12. The zero-order chi connectivity index (χ0) is 16.7. The van der Waals surface area contributed by atoms with E-state index in [4.69, 9.17) is 9.47 Å². The molecule has 1 fully saturated rings. The molecule has 2 atom stereocenters. The van der Waals surface area contributed by atoms with Crippen molar-refractivity contribution in [1.82, 2.24) is 5.32 Å². The lowest BCUT2D eigenvalue weighted by molar-refractivity contribution is 0.0890. The number of ether oxygens (including phenoxy) is 2. The van der Waals surface area contributed by atoms with E-state index in [1.54, 1.807) is 31.4 Å². The lowest BCUT2D eigenvalue weighted by Crippen LogP contribution is -2.50. The van der Waals surface area contributed by atoms with Crippen LogP contribution in [0, 0.1) is 17.2 Å². The number of carbonyl (C=O) groups is 1. The molecule has 1 aromatic carbocycles. The summed E-state index contributed by atoms with van der Waals surface area (Å²) in [5.74, 6) is 0.948. The summed E-state index contributed by atoms with van der Waals surface area (Å²) >= 11 is 0. The van der Waals surface area contributed by atoms with E-state index in [1.165, 1.54) is 0 Å². The first-order chi connectivity index (χ1) is 11.1. The van der Waals surface area contributed by atoms with E-state index in [9.17, 15) is 10.1 Å². The molecule has 0 bridgehead atoms. The van der Waals surface area contributed by atoms with Gasteiger partial charge in [-0.25, -0.2) is 0 Å². The van der Waals surface area contributed by atoms with Crippen molar-refractivity contribution in [2.24, 2.45) is 5.92 Å². The number of rotatable bonds is 6. The van der Waals surface area contributed by atoms with E-state index in [2.05, 4.69) is 18.3 Å². The third-order valence-electron chi connectivity index (χ3n) is 4.24. The molecule has 0 heterocycles. The standard InChI is InChI=1S/C18H24N2O3/c1-14-4-3-9-18(12-14,13-19)20-17(21)15-5-7-16(8-6-15)23-11-10-22-2/h5-8,14H,3-4,9-12H2,1-2H3,(H,20,21)/t14-,18+/m1/s1. The number of hydrogen-bond acceptors (Lipinski definition) is 4. The van der Waals surface area contributed by atoms with Gasteiger partial charge in [0.2, 0.25) is 0 Å². The second-order valence-electron chi connectivity index (χ2n) is 6.22. The molecule has 1 aliphatic carbocycles. The van der Waals surface area contributed by atoms with Crippen molar-refractivity contribution in [3.63, 3.8) is 0 Å². The van der Waals surface area contributed by atoms with E-state index >= 15 is 0 Å². The Morgan fingerprint density at radius 1 is 1.39 bits per heavy atom. The summed E-state index contributed by atoms with van der Waals surface area (Å²) in [6.07, 6.45) is 3.53. The van der Waals surface area contributed by atoms with E-state index in [-0.39, 0.29) is 5.91 Å². The second-order valence-corrected chi connectivity index (χ2v) is 6.22. The third kappa shape index (κ3) is 4.70. The largest absolute Gasteiger partial charge is 0.491 e. The maximum absolute atomic E-state index is 12.4. The molecule has 124 valence electrons. The summed E-state index contributed by atoms with van der Waals surface area (Å²) in [5, 5.41) is 12.5. The van der Waals surface area contributed by atoms with Crippen LogP contribution in [-0.2, 0) is 4.74 Å². The predicted molar refractivity (Wildman–Crippen MR) is 87.3 cm³/mol. The van der Waals surface area contributed by atoms with Crippen molar-refractivity contribution in [2.45, 2.75) is 38.1 Å². The molecule has 0 spiro atoms. The summed E-state index contributed by atoms with van der Waals surface area (Å²) in [5.41, 5.74) is -0.195. The van der Waals surface area contributed by atoms with Crippen LogP contribution in [-0.4, -0.2) is 31.8 Å². The molecule has 1 N–H and O–H groups in total. The molecular weight excluding hydrogens is 292 g/mol. The first-order valence-electron chi connectivity index (χ1n) is 8.04. The topological polar surface area (TPSA) is 71.3 Å². The molecule has 5 heteroatoms. The Hall–Kier alpha value is -2.06. The highest BCUT2D eigenvalue weighted by Crippen LogP contribution is 2.32. The minimum Gasteiger partial charge on any atom is -0.491 e. The first kappa shape index (κ1) is 17.3. The molecule has 0 aromatic heterocycles. The van der Waals surface area contributed by atoms with Gasteiger partial charge in [-0.3, -0.25) is 4.79 Å². The molecule has 0 unspecified atom stereocenters. The molecule has 0 saturated heterocycles. The molecule has 1 amide bonds. The average Bonchev–Trinajstić information content (AvgIpc) is 2.55. The first-order valence-corrected chi connectivity index (χ1v) is 8.04. The molecule has 0 radical (unpaired) electrons. The number of nitrogens with zero attached hydrogens (tertiary/aromatic N) is 1. The van der Waals surface area contributed by atoms with Crippen LogP contribution in [0.15, 0.2) is 24.3 Å². The fourth-order valence-electron chi connectivity index (χ4n) is 3.03. The van der Waals surface area contributed by atoms with Gasteiger partial charge in [-0.15, -0.1) is 0 Å². The third-order valence-corrected chi connectivity index (χ3v) is 4.24.